The summed E-state index contributed by atoms with van der Waals surface area (Å²) < 4.78 is 0. The number of benzene rings is 1. The second kappa shape index (κ2) is 5.45. The fourth-order valence-electron chi connectivity index (χ4n) is 2.92. The number of carbonyl (C=O) groups excluding carboxylic acids is 1. The van der Waals surface area contributed by atoms with Gasteiger partial charge < -0.3 is 10.0 Å². The largest absolute Gasteiger partial charge is 0.390 e. The molecule has 1 aliphatic rings. The van der Waals surface area contributed by atoms with E-state index >= 15 is 0 Å². The third-order valence-electron chi connectivity index (χ3n) is 4.23. The summed E-state index contributed by atoms with van der Waals surface area (Å²) in [5.74, 6) is 0.0336. The number of amides is 1. The molecule has 0 bridgehead atoms. The topological polar surface area (TPSA) is 53.4 Å². The summed E-state index contributed by atoms with van der Waals surface area (Å²) in [6.07, 6.45) is 3.89. The molecule has 0 saturated carbocycles. The summed E-state index contributed by atoms with van der Waals surface area (Å²) in [7, 11) is 0. The lowest BCUT2D eigenvalue weighted by Crippen LogP contribution is -2.33. The minimum atomic E-state index is -0.657. The quantitative estimate of drug-likeness (QED) is 0.875. The molecular formula is C17H20N2O2. The normalized spacial score (nSPS) is 23.0. The number of aromatic nitrogens is 1. The summed E-state index contributed by atoms with van der Waals surface area (Å²) >= 11 is 0. The standard InChI is InChI=1S/C17H20N2O2/c1-17(21)8-4-11-19(12-9-17)16(20)14-7-10-18-15-6-3-2-5-13(14)15/h2-3,5-7,10,21H,4,8-9,11-12H2,1H3. The van der Waals surface area contributed by atoms with Gasteiger partial charge in [0.05, 0.1) is 16.7 Å². The maximum absolute atomic E-state index is 12.8. The van der Waals surface area contributed by atoms with Crippen molar-refractivity contribution in [2.45, 2.75) is 31.8 Å². The van der Waals surface area contributed by atoms with Crippen molar-refractivity contribution in [1.82, 2.24) is 9.88 Å². The minimum Gasteiger partial charge on any atom is -0.390 e. The fourth-order valence-corrected chi connectivity index (χ4v) is 2.92. The number of rotatable bonds is 1. The molecule has 0 aliphatic carbocycles. The zero-order valence-electron chi connectivity index (χ0n) is 12.2. The molecule has 4 nitrogen and oxygen atoms in total. The lowest BCUT2D eigenvalue weighted by molar-refractivity contribution is 0.0438. The number of likely N-dealkylation sites (tertiary alicyclic amines) is 1. The van der Waals surface area contributed by atoms with E-state index in [0.29, 0.717) is 25.1 Å². The van der Waals surface area contributed by atoms with Gasteiger partial charge in [-0.2, -0.15) is 0 Å². The molecule has 1 saturated heterocycles. The Hall–Kier alpha value is -1.94. The first-order valence-electron chi connectivity index (χ1n) is 7.42. The number of carbonyl (C=O) groups is 1. The molecule has 1 fully saturated rings. The lowest BCUT2D eigenvalue weighted by Gasteiger charge is -2.23. The molecule has 1 aromatic carbocycles. The van der Waals surface area contributed by atoms with Crippen LogP contribution in [0.3, 0.4) is 0 Å². The highest BCUT2D eigenvalue weighted by atomic mass is 16.3. The third-order valence-corrected chi connectivity index (χ3v) is 4.23. The van der Waals surface area contributed by atoms with Crippen molar-refractivity contribution in [2.24, 2.45) is 0 Å². The highest BCUT2D eigenvalue weighted by Gasteiger charge is 2.27. The first kappa shape index (κ1) is 14.0. The Labute approximate surface area is 124 Å². The molecule has 3 rings (SSSR count). The van der Waals surface area contributed by atoms with Crippen molar-refractivity contribution in [2.75, 3.05) is 13.1 Å². The molecule has 1 aromatic heterocycles. The SMILES string of the molecule is CC1(O)CCCN(C(=O)c2ccnc3ccccc23)CC1. The predicted molar refractivity (Wildman–Crippen MR) is 82.1 cm³/mol. The Balaban J connectivity index is 1.90. The van der Waals surface area contributed by atoms with E-state index in [1.165, 1.54) is 0 Å². The number of hydrogen-bond acceptors (Lipinski definition) is 3. The highest BCUT2D eigenvalue weighted by Crippen LogP contribution is 2.24. The first-order chi connectivity index (χ1) is 10.1. The molecular weight excluding hydrogens is 264 g/mol. The van der Waals surface area contributed by atoms with Crippen molar-refractivity contribution in [3.63, 3.8) is 0 Å². The Kier molecular flexibility index (Phi) is 3.64. The number of fused-ring (bicyclic) bond motifs is 1. The zero-order valence-corrected chi connectivity index (χ0v) is 12.2. The van der Waals surface area contributed by atoms with Gasteiger partial charge in [-0.15, -0.1) is 0 Å². The van der Waals surface area contributed by atoms with Gasteiger partial charge in [-0.25, -0.2) is 0 Å². The molecule has 0 radical (unpaired) electrons. The number of hydrogen-bond donors (Lipinski definition) is 1. The molecule has 2 heterocycles. The first-order valence-corrected chi connectivity index (χ1v) is 7.42. The van der Waals surface area contributed by atoms with Crippen LogP contribution in [0.15, 0.2) is 36.5 Å². The Bertz CT molecular complexity index is 661. The van der Waals surface area contributed by atoms with Crippen LogP contribution in [-0.4, -0.2) is 39.6 Å². The van der Waals surface area contributed by atoms with Crippen molar-refractivity contribution in [1.29, 1.82) is 0 Å². The Morgan fingerprint density at radius 2 is 2.05 bits per heavy atom. The van der Waals surface area contributed by atoms with Crippen molar-refractivity contribution >= 4 is 16.8 Å². The van der Waals surface area contributed by atoms with Crippen molar-refractivity contribution in [3.05, 3.63) is 42.1 Å². The average Bonchev–Trinajstić information content (AvgIpc) is 2.67. The van der Waals surface area contributed by atoms with Gasteiger partial charge in [-0.1, -0.05) is 18.2 Å². The molecule has 1 N–H and O–H groups in total. The Morgan fingerprint density at radius 3 is 2.90 bits per heavy atom. The van der Waals surface area contributed by atoms with Gasteiger partial charge in [0, 0.05) is 24.7 Å². The zero-order chi connectivity index (χ0) is 14.9. The van der Waals surface area contributed by atoms with E-state index in [0.717, 1.165) is 23.7 Å². The number of pyridine rings is 1. The van der Waals surface area contributed by atoms with Crippen LogP contribution < -0.4 is 0 Å². The van der Waals surface area contributed by atoms with E-state index in [1.54, 1.807) is 12.3 Å². The van der Waals surface area contributed by atoms with E-state index in [9.17, 15) is 9.90 Å². The van der Waals surface area contributed by atoms with E-state index < -0.39 is 5.60 Å². The van der Waals surface area contributed by atoms with E-state index in [1.807, 2.05) is 36.1 Å². The molecule has 21 heavy (non-hydrogen) atoms. The molecule has 0 spiro atoms. The van der Waals surface area contributed by atoms with Crippen LogP contribution in [-0.2, 0) is 0 Å². The molecule has 1 unspecified atom stereocenters. The smallest absolute Gasteiger partial charge is 0.254 e. The van der Waals surface area contributed by atoms with Crippen LogP contribution >= 0.6 is 0 Å². The lowest BCUT2D eigenvalue weighted by atomic mass is 9.98. The summed E-state index contributed by atoms with van der Waals surface area (Å²) in [6.45, 7) is 3.15. The third kappa shape index (κ3) is 2.90. The van der Waals surface area contributed by atoms with Crippen LogP contribution in [0.1, 0.15) is 36.5 Å². The number of para-hydroxylation sites is 1. The molecule has 1 amide bonds. The summed E-state index contributed by atoms with van der Waals surface area (Å²) in [5, 5.41) is 11.0. The number of nitrogens with zero attached hydrogens (tertiary/aromatic N) is 2. The maximum Gasteiger partial charge on any atom is 0.254 e. The Morgan fingerprint density at radius 1 is 1.24 bits per heavy atom. The molecule has 2 aromatic rings. The second-order valence-electron chi connectivity index (χ2n) is 6.02. The van der Waals surface area contributed by atoms with Crippen LogP contribution in [0.4, 0.5) is 0 Å². The highest BCUT2D eigenvalue weighted by molar-refractivity contribution is 6.05. The summed E-state index contributed by atoms with van der Waals surface area (Å²) in [6, 6.07) is 9.48. The molecule has 4 heteroatoms. The van der Waals surface area contributed by atoms with Crippen LogP contribution in [0, 0.1) is 0 Å². The van der Waals surface area contributed by atoms with Gasteiger partial charge in [0.25, 0.3) is 5.91 Å². The van der Waals surface area contributed by atoms with Crippen LogP contribution in [0.5, 0.6) is 0 Å². The fraction of sp³-hybridized carbons (Fsp3) is 0.412. The average molecular weight is 284 g/mol. The van der Waals surface area contributed by atoms with Crippen LogP contribution in [0.2, 0.25) is 0 Å². The van der Waals surface area contributed by atoms with Gasteiger partial charge >= 0.3 is 0 Å². The number of aliphatic hydroxyl groups is 1. The van der Waals surface area contributed by atoms with Gasteiger partial charge in [0.15, 0.2) is 0 Å². The van der Waals surface area contributed by atoms with Gasteiger partial charge in [-0.05, 0) is 38.3 Å². The van der Waals surface area contributed by atoms with Gasteiger partial charge in [0.2, 0.25) is 0 Å². The minimum absolute atomic E-state index is 0.0336. The van der Waals surface area contributed by atoms with Crippen molar-refractivity contribution in [3.8, 4) is 0 Å². The van der Waals surface area contributed by atoms with Crippen LogP contribution in [0.25, 0.3) is 10.9 Å². The molecule has 110 valence electrons. The van der Waals surface area contributed by atoms with Gasteiger partial charge in [-0.3, -0.25) is 9.78 Å². The van der Waals surface area contributed by atoms with Gasteiger partial charge in [0.1, 0.15) is 0 Å². The summed E-state index contributed by atoms with van der Waals surface area (Å²) in [5.41, 5.74) is 0.877. The predicted octanol–water partition coefficient (Wildman–Crippen LogP) is 2.61. The summed E-state index contributed by atoms with van der Waals surface area (Å²) in [4.78, 5) is 18.9. The molecule has 1 atom stereocenters. The molecule has 1 aliphatic heterocycles. The van der Waals surface area contributed by atoms with E-state index in [-0.39, 0.29) is 5.91 Å². The van der Waals surface area contributed by atoms with Crippen molar-refractivity contribution < 1.29 is 9.90 Å². The van der Waals surface area contributed by atoms with E-state index in [2.05, 4.69) is 4.98 Å². The monoisotopic (exact) mass is 284 g/mol. The second-order valence-corrected chi connectivity index (χ2v) is 6.02. The van der Waals surface area contributed by atoms with E-state index in [4.69, 9.17) is 0 Å². The maximum atomic E-state index is 12.8.